The number of nitro benzene ring substituents is 1. The Morgan fingerprint density at radius 1 is 1.00 bits per heavy atom. The number of hydrogen-bond donors (Lipinski definition) is 0. The highest BCUT2D eigenvalue weighted by atomic mass is 19.4. The van der Waals surface area contributed by atoms with Gasteiger partial charge >= 0.3 is 6.18 Å². The van der Waals surface area contributed by atoms with Gasteiger partial charge in [-0.25, -0.2) is 0 Å². The van der Waals surface area contributed by atoms with Crippen LogP contribution in [0.15, 0.2) is 18.2 Å². The second-order valence-electron chi connectivity index (χ2n) is 7.99. The molecule has 6 nitrogen and oxygen atoms in total. The average Bonchev–Trinajstić information content (AvgIpc) is 3.38. The molecule has 6 rings (SSSR count). The van der Waals surface area contributed by atoms with Crippen molar-refractivity contribution in [2.45, 2.75) is 25.4 Å². The third-order valence-corrected chi connectivity index (χ3v) is 6.89. The zero-order chi connectivity index (χ0) is 19.2. The van der Waals surface area contributed by atoms with Crippen molar-refractivity contribution in [1.29, 1.82) is 0 Å². The number of amides is 2. The van der Waals surface area contributed by atoms with Gasteiger partial charge in [0.1, 0.15) is 5.56 Å². The molecular weight excluding hydrogens is 365 g/mol. The summed E-state index contributed by atoms with van der Waals surface area (Å²) in [6.45, 7) is 0. The van der Waals surface area contributed by atoms with E-state index in [-0.39, 0.29) is 17.5 Å². The number of rotatable bonds is 2. The minimum absolute atomic E-state index is 0.131. The Bertz CT molecular complexity index is 865. The highest BCUT2D eigenvalue weighted by Gasteiger charge is 2.68. The first-order chi connectivity index (χ1) is 12.7. The quantitative estimate of drug-likeness (QED) is 0.447. The van der Waals surface area contributed by atoms with Crippen LogP contribution in [0.4, 0.5) is 24.5 Å². The van der Waals surface area contributed by atoms with Crippen LogP contribution in [0.3, 0.4) is 0 Å². The second-order valence-corrected chi connectivity index (χ2v) is 7.99. The SMILES string of the molecule is O=C1[C@@H]2[C@@H]3CC[C@@H]([C@@H]4C[C@@H]43)[C@@H]2C(=O)N1c1ccc([N+](=O)[O-])c(C(F)(F)F)c1. The molecule has 142 valence electrons. The number of carbonyl (C=O) groups excluding carboxylic acids is 2. The normalized spacial score (nSPS) is 36.6. The van der Waals surface area contributed by atoms with Gasteiger partial charge in [-0.05, 0) is 55.1 Å². The molecule has 0 N–H and O–H groups in total. The van der Waals surface area contributed by atoms with E-state index < -0.39 is 46.0 Å². The summed E-state index contributed by atoms with van der Waals surface area (Å²) in [5, 5.41) is 10.9. The van der Waals surface area contributed by atoms with E-state index in [0.29, 0.717) is 24.0 Å². The highest BCUT2D eigenvalue weighted by Crippen LogP contribution is 2.68. The van der Waals surface area contributed by atoms with E-state index in [0.717, 1.165) is 30.2 Å². The molecule has 1 aromatic carbocycles. The van der Waals surface area contributed by atoms with Gasteiger partial charge in [0.05, 0.1) is 22.4 Å². The summed E-state index contributed by atoms with van der Waals surface area (Å²) in [6, 6.07) is 2.32. The number of nitrogens with zero attached hydrogens (tertiary/aromatic N) is 2. The van der Waals surface area contributed by atoms with Gasteiger partial charge in [0.15, 0.2) is 0 Å². The first kappa shape index (κ1) is 16.7. The summed E-state index contributed by atoms with van der Waals surface area (Å²) in [6.07, 6.45) is -2.15. The van der Waals surface area contributed by atoms with Crippen LogP contribution in [0.25, 0.3) is 0 Å². The van der Waals surface area contributed by atoms with Gasteiger partial charge in [-0.3, -0.25) is 24.6 Å². The molecular formula is C18H15F3N2O4. The number of halogens is 3. The zero-order valence-electron chi connectivity index (χ0n) is 14.0. The van der Waals surface area contributed by atoms with Crippen LogP contribution in [0.1, 0.15) is 24.8 Å². The summed E-state index contributed by atoms with van der Waals surface area (Å²) >= 11 is 0. The Hall–Kier alpha value is -2.45. The van der Waals surface area contributed by atoms with E-state index in [9.17, 15) is 32.9 Å². The first-order valence-electron chi connectivity index (χ1n) is 8.93. The highest BCUT2D eigenvalue weighted by molar-refractivity contribution is 6.22. The molecule has 27 heavy (non-hydrogen) atoms. The predicted molar refractivity (Wildman–Crippen MR) is 85.4 cm³/mol. The standard InChI is InChI=1S/C18H15F3N2O4/c19-18(20,21)12-5-7(1-4-13(12)23(26)27)22-16(24)14-8-2-3-9(11-6-10(8)11)15(14)17(22)25/h1,4-5,8-11,14-15H,2-3,6H2/t8-,9+,10-,11+,14-,15+. The van der Waals surface area contributed by atoms with Gasteiger partial charge in [-0.1, -0.05) is 0 Å². The molecule has 9 heteroatoms. The molecule has 1 aliphatic heterocycles. The van der Waals surface area contributed by atoms with Crippen LogP contribution in [-0.4, -0.2) is 16.7 Å². The van der Waals surface area contributed by atoms with E-state index in [1.165, 1.54) is 0 Å². The van der Waals surface area contributed by atoms with Gasteiger partial charge in [0.2, 0.25) is 11.8 Å². The number of carbonyl (C=O) groups is 2. The minimum Gasteiger partial charge on any atom is -0.274 e. The second kappa shape index (κ2) is 5.08. The fourth-order valence-corrected chi connectivity index (χ4v) is 5.84. The van der Waals surface area contributed by atoms with Crippen LogP contribution < -0.4 is 4.90 Å². The molecule has 2 bridgehead atoms. The maximum Gasteiger partial charge on any atom is 0.423 e. The van der Waals surface area contributed by atoms with Crippen LogP contribution >= 0.6 is 0 Å². The van der Waals surface area contributed by atoms with Crippen molar-refractivity contribution < 1.29 is 27.7 Å². The monoisotopic (exact) mass is 380 g/mol. The summed E-state index contributed by atoms with van der Waals surface area (Å²) in [5.41, 5.74) is -2.78. The maximum atomic E-state index is 13.3. The predicted octanol–water partition coefficient (Wildman–Crippen LogP) is 3.40. The molecule has 1 heterocycles. The molecule has 1 saturated heterocycles. The van der Waals surface area contributed by atoms with E-state index in [1.54, 1.807) is 0 Å². The van der Waals surface area contributed by atoms with Crippen LogP contribution in [0.2, 0.25) is 0 Å². The molecule has 2 amide bonds. The average molecular weight is 380 g/mol. The molecule has 6 atom stereocenters. The number of alkyl halides is 3. The van der Waals surface area contributed by atoms with Gasteiger partial charge in [-0.15, -0.1) is 0 Å². The number of hydrogen-bond acceptors (Lipinski definition) is 4. The van der Waals surface area contributed by atoms with E-state index in [4.69, 9.17) is 0 Å². The van der Waals surface area contributed by atoms with Gasteiger partial charge < -0.3 is 0 Å². The maximum absolute atomic E-state index is 13.3. The van der Waals surface area contributed by atoms with Crippen molar-refractivity contribution in [3.8, 4) is 0 Å². The lowest BCUT2D eigenvalue weighted by atomic mass is 9.59. The van der Waals surface area contributed by atoms with Crippen LogP contribution in [0.5, 0.6) is 0 Å². The van der Waals surface area contributed by atoms with Crippen molar-refractivity contribution in [1.82, 2.24) is 0 Å². The lowest BCUT2D eigenvalue weighted by Crippen LogP contribution is -2.43. The summed E-state index contributed by atoms with van der Waals surface area (Å²) in [5.74, 6) is -0.625. The third kappa shape index (κ3) is 2.14. The summed E-state index contributed by atoms with van der Waals surface area (Å²) in [7, 11) is 0. The molecule has 5 aliphatic rings. The summed E-state index contributed by atoms with van der Waals surface area (Å²) in [4.78, 5) is 36.6. The van der Waals surface area contributed by atoms with E-state index in [1.807, 2.05) is 0 Å². The largest absolute Gasteiger partial charge is 0.423 e. The minimum atomic E-state index is -4.96. The number of anilines is 1. The number of imide groups is 1. The lowest BCUT2D eigenvalue weighted by Gasteiger charge is -2.42. The Morgan fingerprint density at radius 2 is 1.56 bits per heavy atom. The Labute approximate surface area is 151 Å². The third-order valence-electron chi connectivity index (χ3n) is 6.89. The number of nitro groups is 1. The van der Waals surface area contributed by atoms with Crippen molar-refractivity contribution in [3.05, 3.63) is 33.9 Å². The van der Waals surface area contributed by atoms with Crippen molar-refractivity contribution in [2.24, 2.45) is 35.5 Å². The zero-order valence-corrected chi connectivity index (χ0v) is 14.0. The molecule has 5 fully saturated rings. The molecule has 0 spiro atoms. The first-order valence-corrected chi connectivity index (χ1v) is 8.93. The number of benzene rings is 1. The number of fused-ring (bicyclic) bond motifs is 1. The topological polar surface area (TPSA) is 80.5 Å². The fraction of sp³-hybridized carbons (Fsp3) is 0.556. The molecule has 1 aromatic rings. The Kier molecular flexibility index (Phi) is 3.14. The lowest BCUT2D eigenvalue weighted by molar-refractivity contribution is -0.388. The smallest absolute Gasteiger partial charge is 0.274 e. The Balaban J connectivity index is 1.57. The fourth-order valence-electron chi connectivity index (χ4n) is 5.84. The van der Waals surface area contributed by atoms with Crippen LogP contribution in [-0.2, 0) is 15.8 Å². The van der Waals surface area contributed by atoms with E-state index >= 15 is 0 Å². The molecule has 0 radical (unpaired) electrons. The van der Waals surface area contributed by atoms with Crippen molar-refractivity contribution >= 4 is 23.2 Å². The van der Waals surface area contributed by atoms with E-state index in [2.05, 4.69) is 0 Å². The molecule has 0 unspecified atom stereocenters. The van der Waals surface area contributed by atoms with Gasteiger partial charge in [-0.2, -0.15) is 13.2 Å². The Morgan fingerprint density at radius 3 is 2.04 bits per heavy atom. The molecule has 4 aliphatic carbocycles. The van der Waals surface area contributed by atoms with Gasteiger partial charge in [0.25, 0.3) is 5.69 Å². The van der Waals surface area contributed by atoms with Crippen LogP contribution in [0, 0.1) is 45.6 Å². The van der Waals surface area contributed by atoms with Gasteiger partial charge in [0, 0.05) is 6.07 Å². The summed E-state index contributed by atoms with van der Waals surface area (Å²) < 4.78 is 39.8. The molecule has 4 saturated carbocycles. The molecule has 0 aromatic heterocycles. The van der Waals surface area contributed by atoms with Crippen molar-refractivity contribution in [3.63, 3.8) is 0 Å². The van der Waals surface area contributed by atoms with Crippen molar-refractivity contribution in [2.75, 3.05) is 4.90 Å².